The molecule has 0 aliphatic carbocycles. The number of hydrogen-bond acceptors (Lipinski definition) is 4. The van der Waals surface area contributed by atoms with Gasteiger partial charge in [-0.3, -0.25) is 4.79 Å². The number of carbonyl (C=O) groups excluding carboxylic acids is 1. The summed E-state index contributed by atoms with van der Waals surface area (Å²) in [4.78, 5) is 15.7. The van der Waals surface area contributed by atoms with Gasteiger partial charge in [0.25, 0.3) is 0 Å². The van der Waals surface area contributed by atoms with Crippen LogP contribution in [0, 0.1) is 5.92 Å². The lowest BCUT2D eigenvalue weighted by molar-refractivity contribution is -0.124. The van der Waals surface area contributed by atoms with E-state index in [9.17, 15) is 4.79 Å². The van der Waals surface area contributed by atoms with E-state index in [0.717, 1.165) is 25.2 Å². The van der Waals surface area contributed by atoms with Gasteiger partial charge in [-0.1, -0.05) is 0 Å². The average Bonchev–Trinajstić information content (AvgIpc) is 2.87. The first-order chi connectivity index (χ1) is 6.86. The summed E-state index contributed by atoms with van der Waals surface area (Å²) in [5.74, 6) is 0.289. The van der Waals surface area contributed by atoms with Gasteiger partial charge in [-0.15, -0.1) is 11.3 Å². The van der Waals surface area contributed by atoms with Crippen molar-refractivity contribution in [1.29, 1.82) is 0 Å². The largest absolute Gasteiger partial charge is 0.350 e. The number of thiazole rings is 1. The van der Waals surface area contributed by atoms with Crippen LogP contribution < -0.4 is 10.6 Å². The van der Waals surface area contributed by atoms with Crippen LogP contribution in [0.3, 0.4) is 0 Å². The maximum atomic E-state index is 11.6. The minimum Gasteiger partial charge on any atom is -0.350 e. The fraction of sp³-hybridized carbons (Fsp3) is 0.556. The molecule has 1 unspecified atom stereocenters. The van der Waals surface area contributed by atoms with Gasteiger partial charge in [0, 0.05) is 11.9 Å². The second-order valence-corrected chi connectivity index (χ2v) is 4.11. The van der Waals surface area contributed by atoms with E-state index in [4.69, 9.17) is 0 Å². The Morgan fingerprint density at radius 2 is 2.71 bits per heavy atom. The van der Waals surface area contributed by atoms with Gasteiger partial charge in [0.05, 0.1) is 23.7 Å². The number of carbonyl (C=O) groups is 1. The van der Waals surface area contributed by atoms with E-state index in [0.29, 0.717) is 6.54 Å². The third kappa shape index (κ3) is 2.30. The van der Waals surface area contributed by atoms with Crippen molar-refractivity contribution in [3.8, 4) is 0 Å². The molecule has 1 aromatic heterocycles. The SMILES string of the molecule is O=C(NCc1cscn1)C1CCNC1. The molecule has 1 amide bonds. The number of amides is 1. The van der Waals surface area contributed by atoms with Crippen molar-refractivity contribution < 1.29 is 4.79 Å². The highest BCUT2D eigenvalue weighted by Crippen LogP contribution is 2.07. The molecule has 5 heteroatoms. The zero-order chi connectivity index (χ0) is 9.80. The van der Waals surface area contributed by atoms with E-state index in [1.54, 1.807) is 16.8 Å². The Balaban J connectivity index is 1.77. The zero-order valence-corrected chi connectivity index (χ0v) is 8.64. The lowest BCUT2D eigenvalue weighted by atomic mass is 10.1. The molecule has 14 heavy (non-hydrogen) atoms. The predicted molar refractivity (Wildman–Crippen MR) is 54.9 cm³/mol. The highest BCUT2D eigenvalue weighted by atomic mass is 32.1. The molecular formula is C9H13N3OS. The Bertz CT molecular complexity index is 293. The smallest absolute Gasteiger partial charge is 0.224 e. The fourth-order valence-electron chi connectivity index (χ4n) is 1.53. The van der Waals surface area contributed by atoms with Crippen molar-refractivity contribution in [3.63, 3.8) is 0 Å². The monoisotopic (exact) mass is 211 g/mol. The zero-order valence-electron chi connectivity index (χ0n) is 7.82. The van der Waals surface area contributed by atoms with Crippen LogP contribution in [0.1, 0.15) is 12.1 Å². The van der Waals surface area contributed by atoms with Crippen molar-refractivity contribution in [2.45, 2.75) is 13.0 Å². The number of nitrogens with one attached hydrogen (secondary N) is 2. The van der Waals surface area contributed by atoms with Gasteiger partial charge in [0.15, 0.2) is 0 Å². The summed E-state index contributed by atoms with van der Waals surface area (Å²) in [6, 6.07) is 0. The lowest BCUT2D eigenvalue weighted by Gasteiger charge is -2.07. The van der Waals surface area contributed by atoms with Gasteiger partial charge in [-0.05, 0) is 13.0 Å². The molecule has 76 valence electrons. The average molecular weight is 211 g/mol. The van der Waals surface area contributed by atoms with Crippen LogP contribution in [-0.2, 0) is 11.3 Å². The van der Waals surface area contributed by atoms with Gasteiger partial charge >= 0.3 is 0 Å². The number of nitrogens with zero attached hydrogens (tertiary/aromatic N) is 1. The van der Waals surface area contributed by atoms with Crippen LogP contribution >= 0.6 is 11.3 Å². The molecule has 1 atom stereocenters. The molecule has 1 aromatic rings. The van der Waals surface area contributed by atoms with Crippen molar-refractivity contribution in [3.05, 3.63) is 16.6 Å². The van der Waals surface area contributed by atoms with Gasteiger partial charge in [0.2, 0.25) is 5.91 Å². The normalized spacial score (nSPS) is 21.0. The quantitative estimate of drug-likeness (QED) is 0.759. The predicted octanol–water partition coefficient (Wildman–Crippen LogP) is 0.369. The second kappa shape index (κ2) is 4.52. The van der Waals surface area contributed by atoms with E-state index in [1.165, 1.54) is 0 Å². The molecule has 1 saturated heterocycles. The molecule has 0 saturated carbocycles. The fourth-order valence-corrected chi connectivity index (χ4v) is 2.08. The second-order valence-electron chi connectivity index (χ2n) is 3.39. The molecule has 1 fully saturated rings. The number of rotatable bonds is 3. The van der Waals surface area contributed by atoms with Crippen molar-refractivity contribution in [2.75, 3.05) is 13.1 Å². The summed E-state index contributed by atoms with van der Waals surface area (Å²) in [6.07, 6.45) is 0.947. The van der Waals surface area contributed by atoms with Crippen molar-refractivity contribution in [1.82, 2.24) is 15.6 Å². The summed E-state index contributed by atoms with van der Waals surface area (Å²) in [6.45, 7) is 2.32. The maximum absolute atomic E-state index is 11.6. The van der Waals surface area contributed by atoms with Crippen LogP contribution in [-0.4, -0.2) is 24.0 Å². The highest BCUT2D eigenvalue weighted by Gasteiger charge is 2.21. The van der Waals surface area contributed by atoms with Crippen molar-refractivity contribution >= 4 is 17.2 Å². The third-order valence-electron chi connectivity index (χ3n) is 2.36. The molecule has 0 bridgehead atoms. The minimum absolute atomic E-state index is 0.142. The van der Waals surface area contributed by atoms with Crippen LogP contribution in [0.2, 0.25) is 0 Å². The Morgan fingerprint density at radius 3 is 3.36 bits per heavy atom. The van der Waals surface area contributed by atoms with Gasteiger partial charge in [0.1, 0.15) is 0 Å². The van der Waals surface area contributed by atoms with Crippen LogP contribution in [0.5, 0.6) is 0 Å². The summed E-state index contributed by atoms with van der Waals surface area (Å²) in [5, 5.41) is 8.02. The van der Waals surface area contributed by atoms with E-state index in [-0.39, 0.29) is 11.8 Å². The Morgan fingerprint density at radius 1 is 1.79 bits per heavy atom. The first kappa shape index (κ1) is 9.61. The molecular weight excluding hydrogens is 198 g/mol. The standard InChI is InChI=1S/C9H13N3OS/c13-9(7-1-2-10-3-7)11-4-8-5-14-6-12-8/h5-7,10H,1-4H2,(H,11,13). The molecule has 2 heterocycles. The van der Waals surface area contributed by atoms with Gasteiger partial charge in [-0.25, -0.2) is 4.98 Å². The maximum Gasteiger partial charge on any atom is 0.224 e. The Kier molecular flexibility index (Phi) is 3.10. The molecule has 1 aliphatic rings. The Hall–Kier alpha value is -0.940. The molecule has 1 aliphatic heterocycles. The van der Waals surface area contributed by atoms with E-state index in [2.05, 4.69) is 15.6 Å². The van der Waals surface area contributed by atoms with Crippen LogP contribution in [0.4, 0.5) is 0 Å². The Labute approximate surface area is 86.7 Å². The summed E-state index contributed by atoms with van der Waals surface area (Å²) in [5.41, 5.74) is 2.72. The molecule has 0 radical (unpaired) electrons. The summed E-state index contributed by atoms with van der Waals surface area (Å²) >= 11 is 1.55. The summed E-state index contributed by atoms with van der Waals surface area (Å²) < 4.78 is 0. The molecule has 2 rings (SSSR count). The number of aromatic nitrogens is 1. The topological polar surface area (TPSA) is 54.0 Å². The van der Waals surface area contributed by atoms with Gasteiger partial charge < -0.3 is 10.6 Å². The van der Waals surface area contributed by atoms with Crippen LogP contribution in [0.15, 0.2) is 10.9 Å². The van der Waals surface area contributed by atoms with Crippen molar-refractivity contribution in [2.24, 2.45) is 5.92 Å². The van der Waals surface area contributed by atoms with E-state index < -0.39 is 0 Å². The molecule has 0 aromatic carbocycles. The first-order valence-electron chi connectivity index (χ1n) is 4.72. The molecule has 2 N–H and O–H groups in total. The first-order valence-corrected chi connectivity index (χ1v) is 5.66. The van der Waals surface area contributed by atoms with Gasteiger partial charge in [-0.2, -0.15) is 0 Å². The summed E-state index contributed by atoms with van der Waals surface area (Å²) in [7, 11) is 0. The third-order valence-corrected chi connectivity index (χ3v) is 2.99. The lowest BCUT2D eigenvalue weighted by Crippen LogP contribution is -2.31. The molecule has 0 spiro atoms. The van der Waals surface area contributed by atoms with Crippen LogP contribution in [0.25, 0.3) is 0 Å². The minimum atomic E-state index is 0.142. The molecule has 4 nitrogen and oxygen atoms in total. The highest BCUT2D eigenvalue weighted by molar-refractivity contribution is 7.07. The van der Waals surface area contributed by atoms with E-state index in [1.807, 2.05) is 5.38 Å². The number of hydrogen-bond donors (Lipinski definition) is 2. The van der Waals surface area contributed by atoms with E-state index >= 15 is 0 Å².